The van der Waals surface area contributed by atoms with Gasteiger partial charge in [-0.15, -0.1) is 23.2 Å². The van der Waals surface area contributed by atoms with Gasteiger partial charge in [-0.25, -0.2) is 0 Å². The van der Waals surface area contributed by atoms with Gasteiger partial charge >= 0.3 is 0 Å². The first-order chi connectivity index (χ1) is 10.1. The first-order valence-electron chi connectivity index (χ1n) is 6.99. The number of rotatable bonds is 6. The van der Waals surface area contributed by atoms with Crippen molar-refractivity contribution in [3.05, 3.63) is 70.2 Å². The van der Waals surface area contributed by atoms with Gasteiger partial charge in [-0.1, -0.05) is 54.1 Å². The molecule has 3 heteroatoms. The van der Waals surface area contributed by atoms with E-state index in [1.54, 1.807) is 0 Å². The van der Waals surface area contributed by atoms with Crippen LogP contribution >= 0.6 is 34.8 Å². The molecular formula is C18H19Cl3. The molecule has 21 heavy (non-hydrogen) atoms. The number of aryl methyl sites for hydroxylation is 1. The van der Waals surface area contributed by atoms with Crippen molar-refractivity contribution < 1.29 is 0 Å². The van der Waals surface area contributed by atoms with Crippen LogP contribution < -0.4 is 0 Å². The lowest BCUT2D eigenvalue weighted by atomic mass is 9.79. The van der Waals surface area contributed by atoms with E-state index in [-0.39, 0.29) is 5.41 Å². The summed E-state index contributed by atoms with van der Waals surface area (Å²) in [6, 6.07) is 16.5. The fourth-order valence-corrected chi connectivity index (χ4v) is 3.48. The van der Waals surface area contributed by atoms with Crippen molar-refractivity contribution in [3.63, 3.8) is 0 Å². The highest BCUT2D eigenvalue weighted by molar-refractivity contribution is 6.31. The number of benzene rings is 2. The van der Waals surface area contributed by atoms with E-state index < -0.39 is 0 Å². The minimum absolute atomic E-state index is 0.177. The van der Waals surface area contributed by atoms with Crippen LogP contribution in [0.25, 0.3) is 0 Å². The van der Waals surface area contributed by atoms with Gasteiger partial charge in [0.2, 0.25) is 0 Å². The fourth-order valence-electron chi connectivity index (χ4n) is 2.52. The Bertz CT molecular complexity index is 574. The molecule has 0 saturated heterocycles. The molecule has 2 rings (SSSR count). The lowest BCUT2D eigenvalue weighted by Crippen LogP contribution is -2.31. The Balaban J connectivity index is 2.25. The summed E-state index contributed by atoms with van der Waals surface area (Å²) >= 11 is 18.9. The second-order valence-electron chi connectivity index (χ2n) is 5.70. The largest absolute Gasteiger partial charge is 0.126 e. The van der Waals surface area contributed by atoms with Crippen LogP contribution in [-0.4, -0.2) is 11.8 Å². The first kappa shape index (κ1) is 16.7. The molecule has 0 nitrogen and oxygen atoms in total. The molecule has 2 aromatic rings. The van der Waals surface area contributed by atoms with Gasteiger partial charge in [0, 0.05) is 22.2 Å². The molecule has 0 atom stereocenters. The smallest absolute Gasteiger partial charge is 0.0440 e. The molecule has 0 spiro atoms. The zero-order valence-corrected chi connectivity index (χ0v) is 14.3. The molecule has 0 N–H and O–H groups in total. The van der Waals surface area contributed by atoms with Crippen LogP contribution in [0.2, 0.25) is 5.02 Å². The SMILES string of the molecule is Cc1ccc(CC(CCl)(CCl)Cc2ccccc2)c(Cl)c1. The zero-order valence-electron chi connectivity index (χ0n) is 12.1. The summed E-state index contributed by atoms with van der Waals surface area (Å²) in [7, 11) is 0. The first-order valence-corrected chi connectivity index (χ1v) is 8.44. The third kappa shape index (κ3) is 4.39. The fraction of sp³-hybridized carbons (Fsp3) is 0.333. The minimum Gasteiger partial charge on any atom is -0.126 e. The Morgan fingerprint density at radius 3 is 2.14 bits per heavy atom. The van der Waals surface area contributed by atoms with Crippen molar-refractivity contribution in [2.75, 3.05) is 11.8 Å². The standard InChI is InChI=1S/C18H19Cl3/c1-14-7-8-16(17(21)9-14)11-18(12-19,13-20)10-15-5-3-2-4-6-15/h2-9H,10-13H2,1H3. The summed E-state index contributed by atoms with van der Waals surface area (Å²) in [5, 5.41) is 0.794. The summed E-state index contributed by atoms with van der Waals surface area (Å²) in [6.07, 6.45) is 1.64. The van der Waals surface area contributed by atoms with Gasteiger partial charge in [0.1, 0.15) is 0 Å². The number of hydrogen-bond donors (Lipinski definition) is 0. The van der Waals surface area contributed by atoms with Crippen LogP contribution in [0.4, 0.5) is 0 Å². The summed E-state index contributed by atoms with van der Waals surface area (Å²) in [4.78, 5) is 0. The lowest BCUT2D eigenvalue weighted by Gasteiger charge is -2.30. The van der Waals surface area contributed by atoms with Gasteiger partial charge in [-0.05, 0) is 42.5 Å². The molecular weight excluding hydrogens is 323 g/mol. The maximum atomic E-state index is 6.37. The minimum atomic E-state index is -0.177. The number of alkyl halides is 2. The van der Waals surface area contributed by atoms with Crippen molar-refractivity contribution in [1.82, 2.24) is 0 Å². The van der Waals surface area contributed by atoms with E-state index in [1.807, 2.05) is 31.2 Å². The van der Waals surface area contributed by atoms with Gasteiger partial charge in [0.25, 0.3) is 0 Å². The van der Waals surface area contributed by atoms with E-state index in [2.05, 4.69) is 24.3 Å². The summed E-state index contributed by atoms with van der Waals surface area (Å²) in [5.41, 5.74) is 3.35. The molecule has 0 saturated carbocycles. The van der Waals surface area contributed by atoms with E-state index in [9.17, 15) is 0 Å². The van der Waals surface area contributed by atoms with Crippen molar-refractivity contribution in [2.24, 2.45) is 5.41 Å². The maximum absolute atomic E-state index is 6.37. The second kappa shape index (κ2) is 7.54. The normalized spacial score (nSPS) is 11.6. The maximum Gasteiger partial charge on any atom is 0.0440 e. The predicted octanol–water partition coefficient (Wildman–Crippen LogP) is 5.90. The van der Waals surface area contributed by atoms with Crippen LogP contribution in [0.5, 0.6) is 0 Å². The third-order valence-electron chi connectivity index (χ3n) is 3.76. The highest BCUT2D eigenvalue weighted by Gasteiger charge is 2.30. The summed E-state index contributed by atoms with van der Waals surface area (Å²) in [5.74, 6) is 1.02. The van der Waals surface area contributed by atoms with Crippen LogP contribution in [0.3, 0.4) is 0 Å². The van der Waals surface area contributed by atoms with Crippen LogP contribution in [0.15, 0.2) is 48.5 Å². The van der Waals surface area contributed by atoms with Crippen molar-refractivity contribution in [2.45, 2.75) is 19.8 Å². The van der Waals surface area contributed by atoms with E-state index in [0.717, 1.165) is 29.0 Å². The Hall–Kier alpha value is -0.690. The van der Waals surface area contributed by atoms with Gasteiger partial charge < -0.3 is 0 Å². The molecule has 0 bridgehead atoms. The molecule has 0 amide bonds. The van der Waals surface area contributed by atoms with Gasteiger partial charge in [-0.3, -0.25) is 0 Å². The number of hydrogen-bond acceptors (Lipinski definition) is 0. The molecule has 0 aliphatic rings. The molecule has 0 aliphatic carbocycles. The molecule has 0 fully saturated rings. The predicted molar refractivity (Wildman–Crippen MR) is 93.9 cm³/mol. The van der Waals surface area contributed by atoms with Crippen LogP contribution in [0, 0.1) is 12.3 Å². The van der Waals surface area contributed by atoms with E-state index in [1.165, 1.54) is 5.56 Å². The van der Waals surface area contributed by atoms with Gasteiger partial charge in [-0.2, -0.15) is 0 Å². The molecule has 0 heterocycles. The van der Waals surface area contributed by atoms with Gasteiger partial charge in [0.05, 0.1) is 0 Å². The Morgan fingerprint density at radius 1 is 0.905 bits per heavy atom. The lowest BCUT2D eigenvalue weighted by molar-refractivity contribution is 0.374. The molecule has 0 aliphatic heterocycles. The van der Waals surface area contributed by atoms with E-state index >= 15 is 0 Å². The van der Waals surface area contributed by atoms with Gasteiger partial charge in [0.15, 0.2) is 0 Å². The van der Waals surface area contributed by atoms with Crippen molar-refractivity contribution in [3.8, 4) is 0 Å². The molecule has 0 unspecified atom stereocenters. The monoisotopic (exact) mass is 340 g/mol. The Labute approximate surface area is 142 Å². The van der Waals surface area contributed by atoms with E-state index in [0.29, 0.717) is 11.8 Å². The average molecular weight is 342 g/mol. The highest BCUT2D eigenvalue weighted by Crippen LogP contribution is 2.33. The molecule has 112 valence electrons. The topological polar surface area (TPSA) is 0 Å². The van der Waals surface area contributed by atoms with Crippen LogP contribution in [0.1, 0.15) is 16.7 Å². The zero-order chi connectivity index (χ0) is 15.3. The second-order valence-corrected chi connectivity index (χ2v) is 6.64. The van der Waals surface area contributed by atoms with Crippen LogP contribution in [-0.2, 0) is 12.8 Å². The molecule has 0 aromatic heterocycles. The average Bonchev–Trinajstić information content (AvgIpc) is 2.50. The number of halogens is 3. The summed E-state index contributed by atoms with van der Waals surface area (Å²) in [6.45, 7) is 2.04. The highest BCUT2D eigenvalue weighted by atomic mass is 35.5. The van der Waals surface area contributed by atoms with Crippen molar-refractivity contribution >= 4 is 34.8 Å². The molecule has 2 aromatic carbocycles. The van der Waals surface area contributed by atoms with E-state index in [4.69, 9.17) is 34.8 Å². The Kier molecular flexibility index (Phi) is 5.98. The van der Waals surface area contributed by atoms with Crippen molar-refractivity contribution in [1.29, 1.82) is 0 Å². The Morgan fingerprint density at radius 2 is 1.57 bits per heavy atom. The molecule has 0 radical (unpaired) electrons. The summed E-state index contributed by atoms with van der Waals surface area (Å²) < 4.78 is 0. The third-order valence-corrected chi connectivity index (χ3v) is 5.25. The quantitative estimate of drug-likeness (QED) is 0.574.